The van der Waals surface area contributed by atoms with Gasteiger partial charge in [0.1, 0.15) is 0 Å². The van der Waals surface area contributed by atoms with Gasteiger partial charge in [0.25, 0.3) is 0 Å². The molecule has 1 aliphatic heterocycles. The molecule has 2 aromatic carbocycles. The van der Waals surface area contributed by atoms with Gasteiger partial charge in [-0.1, -0.05) is 12.1 Å². The quantitative estimate of drug-likeness (QED) is 0.576. The molecule has 0 saturated heterocycles. The summed E-state index contributed by atoms with van der Waals surface area (Å²) < 4.78 is 11.3. The SMILES string of the molecule is Nc1ccc(CCNC(=O)CCSc2ccc3c(c2)OCCCO3)cc1. The first kappa shape index (κ1) is 18.5. The Kier molecular flexibility index (Phi) is 6.66. The highest BCUT2D eigenvalue weighted by atomic mass is 32.2. The lowest BCUT2D eigenvalue weighted by Gasteiger charge is -2.09. The van der Waals surface area contributed by atoms with Crippen LogP contribution < -0.4 is 20.5 Å². The number of hydrogen-bond acceptors (Lipinski definition) is 5. The van der Waals surface area contributed by atoms with Crippen LogP contribution >= 0.6 is 11.8 Å². The molecule has 0 bridgehead atoms. The van der Waals surface area contributed by atoms with Gasteiger partial charge >= 0.3 is 0 Å². The molecular formula is C20H24N2O3S. The topological polar surface area (TPSA) is 73.6 Å². The lowest BCUT2D eigenvalue weighted by atomic mass is 10.1. The number of fused-ring (bicyclic) bond motifs is 1. The molecule has 0 spiro atoms. The number of benzene rings is 2. The van der Waals surface area contributed by atoms with E-state index in [4.69, 9.17) is 15.2 Å². The summed E-state index contributed by atoms with van der Waals surface area (Å²) in [5.41, 5.74) is 7.59. The molecule has 1 amide bonds. The first-order chi connectivity index (χ1) is 12.7. The highest BCUT2D eigenvalue weighted by Gasteiger charge is 2.11. The van der Waals surface area contributed by atoms with Crippen molar-refractivity contribution in [2.45, 2.75) is 24.2 Å². The Morgan fingerprint density at radius 2 is 1.85 bits per heavy atom. The number of hydrogen-bond donors (Lipinski definition) is 2. The number of nitrogens with two attached hydrogens (primary N) is 1. The number of carbonyl (C=O) groups is 1. The second kappa shape index (κ2) is 9.38. The smallest absolute Gasteiger partial charge is 0.220 e. The Morgan fingerprint density at radius 3 is 2.65 bits per heavy atom. The molecule has 2 aromatic rings. The molecular weight excluding hydrogens is 348 g/mol. The fourth-order valence-electron chi connectivity index (χ4n) is 2.61. The number of nitrogens with one attached hydrogen (secondary N) is 1. The Labute approximate surface area is 158 Å². The summed E-state index contributed by atoms with van der Waals surface area (Å²) in [4.78, 5) is 13.1. The molecule has 5 nitrogen and oxygen atoms in total. The van der Waals surface area contributed by atoms with E-state index in [2.05, 4.69) is 5.32 Å². The average molecular weight is 372 g/mol. The van der Waals surface area contributed by atoms with Gasteiger partial charge in [0.05, 0.1) is 13.2 Å². The van der Waals surface area contributed by atoms with Gasteiger partial charge in [-0.05, 0) is 42.3 Å². The van der Waals surface area contributed by atoms with Crippen LogP contribution in [0.25, 0.3) is 0 Å². The number of anilines is 1. The van der Waals surface area contributed by atoms with Gasteiger partial charge < -0.3 is 20.5 Å². The van der Waals surface area contributed by atoms with Crippen molar-refractivity contribution in [3.05, 3.63) is 48.0 Å². The minimum absolute atomic E-state index is 0.0716. The Balaban J connectivity index is 1.37. The van der Waals surface area contributed by atoms with Crippen molar-refractivity contribution in [1.29, 1.82) is 0 Å². The van der Waals surface area contributed by atoms with E-state index in [0.717, 1.165) is 40.7 Å². The fraction of sp³-hybridized carbons (Fsp3) is 0.350. The van der Waals surface area contributed by atoms with Crippen LogP contribution in [-0.4, -0.2) is 31.4 Å². The van der Waals surface area contributed by atoms with Crippen LogP contribution in [0.1, 0.15) is 18.4 Å². The van der Waals surface area contributed by atoms with Crippen molar-refractivity contribution in [3.63, 3.8) is 0 Å². The highest BCUT2D eigenvalue weighted by Crippen LogP contribution is 2.33. The summed E-state index contributed by atoms with van der Waals surface area (Å²) in [6.45, 7) is 2.00. The van der Waals surface area contributed by atoms with Gasteiger partial charge in [-0.3, -0.25) is 4.79 Å². The Morgan fingerprint density at radius 1 is 1.08 bits per heavy atom. The van der Waals surface area contributed by atoms with Gasteiger partial charge in [0, 0.05) is 35.7 Å². The number of amides is 1. The molecule has 1 aliphatic rings. The summed E-state index contributed by atoms with van der Waals surface area (Å²) >= 11 is 1.65. The third-order valence-corrected chi connectivity index (χ3v) is 5.03. The minimum atomic E-state index is 0.0716. The molecule has 3 rings (SSSR count). The van der Waals surface area contributed by atoms with Crippen molar-refractivity contribution in [3.8, 4) is 11.5 Å². The lowest BCUT2D eigenvalue weighted by Crippen LogP contribution is -2.25. The third kappa shape index (κ3) is 5.59. The zero-order valence-electron chi connectivity index (χ0n) is 14.7. The summed E-state index contributed by atoms with van der Waals surface area (Å²) in [6, 6.07) is 13.7. The predicted molar refractivity (Wildman–Crippen MR) is 105 cm³/mol. The molecule has 26 heavy (non-hydrogen) atoms. The number of carbonyl (C=O) groups excluding carboxylic acids is 1. The predicted octanol–water partition coefficient (Wildman–Crippen LogP) is 3.27. The molecule has 138 valence electrons. The second-order valence-corrected chi connectivity index (χ2v) is 7.27. The number of thioether (sulfide) groups is 1. The molecule has 0 aliphatic carbocycles. The summed E-state index contributed by atoms with van der Waals surface area (Å²) in [5, 5.41) is 2.96. The molecule has 0 unspecified atom stereocenters. The maximum Gasteiger partial charge on any atom is 0.220 e. The number of rotatable bonds is 7. The van der Waals surface area contributed by atoms with Gasteiger partial charge in [-0.25, -0.2) is 0 Å². The molecule has 6 heteroatoms. The molecule has 0 saturated carbocycles. The van der Waals surface area contributed by atoms with Crippen LogP contribution in [0.5, 0.6) is 11.5 Å². The van der Waals surface area contributed by atoms with E-state index in [1.165, 1.54) is 5.56 Å². The normalized spacial score (nSPS) is 13.1. The first-order valence-corrected chi connectivity index (χ1v) is 9.83. The summed E-state index contributed by atoms with van der Waals surface area (Å²) in [7, 11) is 0. The molecule has 0 fully saturated rings. The number of ether oxygens (including phenoxy) is 2. The minimum Gasteiger partial charge on any atom is -0.490 e. The fourth-order valence-corrected chi connectivity index (χ4v) is 3.49. The third-order valence-electron chi connectivity index (χ3n) is 4.03. The van der Waals surface area contributed by atoms with Crippen LogP contribution in [0.3, 0.4) is 0 Å². The van der Waals surface area contributed by atoms with E-state index >= 15 is 0 Å². The first-order valence-electron chi connectivity index (χ1n) is 8.84. The van der Waals surface area contributed by atoms with Gasteiger partial charge in [0.2, 0.25) is 5.91 Å². The molecule has 0 atom stereocenters. The van der Waals surface area contributed by atoms with Crippen molar-refractivity contribution >= 4 is 23.4 Å². The van der Waals surface area contributed by atoms with Crippen molar-refractivity contribution in [2.24, 2.45) is 0 Å². The van der Waals surface area contributed by atoms with E-state index in [1.54, 1.807) is 11.8 Å². The summed E-state index contributed by atoms with van der Waals surface area (Å²) in [6.07, 6.45) is 2.19. The van der Waals surface area contributed by atoms with Crippen molar-refractivity contribution in [1.82, 2.24) is 5.32 Å². The van der Waals surface area contributed by atoms with E-state index in [9.17, 15) is 4.79 Å². The van der Waals surface area contributed by atoms with Gasteiger partial charge in [0.15, 0.2) is 11.5 Å². The van der Waals surface area contributed by atoms with Crippen LogP contribution in [0.4, 0.5) is 5.69 Å². The van der Waals surface area contributed by atoms with Crippen LogP contribution in [0.2, 0.25) is 0 Å². The van der Waals surface area contributed by atoms with Crippen molar-refractivity contribution in [2.75, 3.05) is 31.2 Å². The number of nitrogen functional groups attached to an aromatic ring is 1. The van der Waals surface area contributed by atoms with Crippen LogP contribution in [0, 0.1) is 0 Å². The van der Waals surface area contributed by atoms with Crippen molar-refractivity contribution < 1.29 is 14.3 Å². The Bertz CT molecular complexity index is 734. The highest BCUT2D eigenvalue weighted by molar-refractivity contribution is 7.99. The zero-order chi connectivity index (χ0) is 18.2. The molecule has 0 aromatic heterocycles. The second-order valence-electron chi connectivity index (χ2n) is 6.10. The summed E-state index contributed by atoms with van der Waals surface area (Å²) in [5.74, 6) is 2.39. The Hall–Kier alpha value is -2.34. The maximum atomic E-state index is 12.0. The van der Waals surface area contributed by atoms with Gasteiger partial charge in [-0.2, -0.15) is 0 Å². The maximum absolute atomic E-state index is 12.0. The van der Waals surface area contributed by atoms with Crippen LogP contribution in [-0.2, 0) is 11.2 Å². The van der Waals surface area contributed by atoms with E-state index in [-0.39, 0.29) is 5.91 Å². The van der Waals surface area contributed by atoms with Gasteiger partial charge in [-0.15, -0.1) is 11.8 Å². The van der Waals surface area contributed by atoms with Crippen LogP contribution in [0.15, 0.2) is 47.4 Å². The molecule has 3 N–H and O–H groups in total. The lowest BCUT2D eigenvalue weighted by molar-refractivity contribution is -0.120. The van der Waals surface area contributed by atoms with E-state index < -0.39 is 0 Å². The van der Waals surface area contributed by atoms with E-state index in [0.29, 0.717) is 26.2 Å². The monoisotopic (exact) mass is 372 g/mol. The zero-order valence-corrected chi connectivity index (χ0v) is 15.5. The molecule has 0 radical (unpaired) electrons. The largest absolute Gasteiger partial charge is 0.490 e. The standard InChI is InChI=1S/C20H24N2O3S/c21-16-4-2-15(3-5-16)8-10-22-20(23)9-13-26-17-6-7-18-19(14-17)25-12-1-11-24-18/h2-7,14H,1,8-13,21H2,(H,22,23). The molecule has 1 heterocycles. The van der Waals surface area contributed by atoms with E-state index in [1.807, 2.05) is 42.5 Å². The average Bonchev–Trinajstić information content (AvgIpc) is 2.88.